The number of carboxylic acid groups (broad SMARTS) is 1. The van der Waals surface area contributed by atoms with Gasteiger partial charge in [-0.3, -0.25) is 4.79 Å². The highest BCUT2D eigenvalue weighted by Gasteiger charge is 2.43. The van der Waals surface area contributed by atoms with Crippen molar-refractivity contribution in [3.05, 3.63) is 0 Å². The fraction of sp³-hybridized carbons (Fsp3) is 0.969. The Hall–Kier alpha value is -0.530. The quantitative estimate of drug-likeness (QED) is 0.119. The Labute approximate surface area is 215 Å². The Kier molecular flexibility index (Phi) is 23.8. The maximum absolute atomic E-state index is 12.6. The number of hydrogen-bond donors (Lipinski definition) is 1. The van der Waals surface area contributed by atoms with Crippen molar-refractivity contribution in [1.29, 1.82) is 0 Å². The lowest BCUT2D eigenvalue weighted by molar-refractivity contribution is -0.155. The summed E-state index contributed by atoms with van der Waals surface area (Å²) in [5.41, 5.74) is -0.480. The van der Waals surface area contributed by atoms with E-state index >= 15 is 0 Å². The molecule has 2 nitrogen and oxygen atoms in total. The molecule has 0 saturated heterocycles. The summed E-state index contributed by atoms with van der Waals surface area (Å²) in [6.45, 7) is 8.95. The first-order valence-corrected chi connectivity index (χ1v) is 15.8. The molecule has 1 N–H and O–H groups in total. The molecule has 0 aliphatic heterocycles. The Morgan fingerprint density at radius 1 is 0.500 bits per heavy atom. The summed E-state index contributed by atoms with van der Waals surface area (Å²) in [7, 11) is 0. The van der Waals surface area contributed by atoms with Gasteiger partial charge < -0.3 is 5.11 Å². The summed E-state index contributed by atoms with van der Waals surface area (Å²) < 4.78 is 0. The molecule has 2 atom stereocenters. The maximum atomic E-state index is 12.6. The molecule has 204 valence electrons. The first-order valence-electron chi connectivity index (χ1n) is 15.8. The SMILES string of the molecule is CCCCCCCCCCCCCCCC(CCC)C(CCC)(CCCCCCCC)C(=O)O. The predicted molar refractivity (Wildman–Crippen MR) is 152 cm³/mol. The van der Waals surface area contributed by atoms with E-state index in [1.54, 1.807) is 0 Å². The van der Waals surface area contributed by atoms with Gasteiger partial charge in [-0.1, -0.05) is 163 Å². The average molecular weight is 481 g/mol. The van der Waals surface area contributed by atoms with Gasteiger partial charge in [-0.25, -0.2) is 0 Å². The minimum atomic E-state index is -0.504. The highest BCUT2D eigenvalue weighted by Crippen LogP contribution is 2.44. The molecule has 0 rings (SSSR count). The van der Waals surface area contributed by atoms with Crippen LogP contribution in [-0.2, 0) is 4.79 Å². The molecule has 2 heteroatoms. The Bertz CT molecular complexity index is 433. The summed E-state index contributed by atoms with van der Waals surface area (Å²) in [6, 6.07) is 0. The van der Waals surface area contributed by atoms with E-state index in [0.29, 0.717) is 5.92 Å². The standard InChI is InChI=1S/C32H64O2/c1-5-9-11-13-15-16-17-18-19-20-21-22-24-27-30(26-7-3)32(28-8-4,31(33)34)29-25-23-14-12-10-6-2/h30H,5-29H2,1-4H3,(H,33,34). The molecule has 0 aromatic heterocycles. The van der Waals surface area contributed by atoms with Gasteiger partial charge in [0.1, 0.15) is 0 Å². The molecule has 34 heavy (non-hydrogen) atoms. The molecule has 0 amide bonds. The maximum Gasteiger partial charge on any atom is 0.309 e. The molecule has 2 unspecified atom stereocenters. The Balaban J connectivity index is 4.33. The summed E-state index contributed by atoms with van der Waals surface area (Å²) >= 11 is 0. The van der Waals surface area contributed by atoms with Crippen LogP contribution in [0.1, 0.15) is 188 Å². The van der Waals surface area contributed by atoms with Crippen LogP contribution >= 0.6 is 0 Å². The Morgan fingerprint density at radius 2 is 0.912 bits per heavy atom. The van der Waals surface area contributed by atoms with Crippen LogP contribution in [0.2, 0.25) is 0 Å². The third-order valence-corrected chi connectivity index (χ3v) is 8.17. The van der Waals surface area contributed by atoms with Crippen molar-refractivity contribution in [1.82, 2.24) is 0 Å². The second-order valence-corrected chi connectivity index (χ2v) is 11.2. The third kappa shape index (κ3) is 16.2. The normalized spacial score (nSPS) is 14.2. The molecule has 0 radical (unpaired) electrons. The van der Waals surface area contributed by atoms with Crippen LogP contribution in [-0.4, -0.2) is 11.1 Å². The van der Waals surface area contributed by atoms with E-state index in [9.17, 15) is 9.90 Å². The minimum Gasteiger partial charge on any atom is -0.481 e. The zero-order chi connectivity index (χ0) is 25.3. The van der Waals surface area contributed by atoms with Gasteiger partial charge in [0.15, 0.2) is 0 Å². The Morgan fingerprint density at radius 3 is 1.29 bits per heavy atom. The van der Waals surface area contributed by atoms with Crippen molar-refractivity contribution < 1.29 is 9.90 Å². The van der Waals surface area contributed by atoms with Gasteiger partial charge in [0, 0.05) is 0 Å². The van der Waals surface area contributed by atoms with Crippen LogP contribution in [0.5, 0.6) is 0 Å². The molecule has 0 spiro atoms. The lowest BCUT2D eigenvalue weighted by Crippen LogP contribution is -2.39. The number of unbranched alkanes of at least 4 members (excludes halogenated alkanes) is 17. The molecule has 0 aliphatic carbocycles. The van der Waals surface area contributed by atoms with Crippen LogP contribution < -0.4 is 0 Å². The minimum absolute atomic E-state index is 0.360. The average Bonchev–Trinajstić information content (AvgIpc) is 2.82. The van der Waals surface area contributed by atoms with Gasteiger partial charge in [-0.15, -0.1) is 0 Å². The van der Waals surface area contributed by atoms with Gasteiger partial charge in [-0.2, -0.15) is 0 Å². The van der Waals surface area contributed by atoms with Gasteiger partial charge in [0.05, 0.1) is 5.41 Å². The second-order valence-electron chi connectivity index (χ2n) is 11.2. The van der Waals surface area contributed by atoms with Crippen molar-refractivity contribution in [2.75, 3.05) is 0 Å². The second kappa shape index (κ2) is 24.2. The largest absolute Gasteiger partial charge is 0.481 e. The number of hydrogen-bond acceptors (Lipinski definition) is 1. The first kappa shape index (κ1) is 33.5. The molecule has 0 fully saturated rings. The molecule has 0 heterocycles. The topological polar surface area (TPSA) is 37.3 Å². The third-order valence-electron chi connectivity index (χ3n) is 8.17. The van der Waals surface area contributed by atoms with E-state index in [-0.39, 0.29) is 0 Å². The van der Waals surface area contributed by atoms with E-state index in [1.165, 1.54) is 116 Å². The van der Waals surface area contributed by atoms with Crippen LogP contribution in [0.3, 0.4) is 0 Å². The van der Waals surface area contributed by atoms with Crippen molar-refractivity contribution in [2.45, 2.75) is 188 Å². The lowest BCUT2D eigenvalue weighted by Gasteiger charge is -2.38. The van der Waals surface area contributed by atoms with Crippen molar-refractivity contribution in [3.8, 4) is 0 Å². The van der Waals surface area contributed by atoms with Crippen LogP contribution in [0.25, 0.3) is 0 Å². The van der Waals surface area contributed by atoms with Crippen LogP contribution in [0.4, 0.5) is 0 Å². The van der Waals surface area contributed by atoms with Gasteiger partial charge in [0.2, 0.25) is 0 Å². The fourth-order valence-electron chi connectivity index (χ4n) is 6.04. The number of carboxylic acids is 1. The molecular formula is C32H64O2. The van der Waals surface area contributed by atoms with Crippen molar-refractivity contribution in [2.24, 2.45) is 11.3 Å². The smallest absolute Gasteiger partial charge is 0.309 e. The van der Waals surface area contributed by atoms with E-state index in [0.717, 1.165) is 44.9 Å². The zero-order valence-corrected chi connectivity index (χ0v) is 24.1. The van der Waals surface area contributed by atoms with E-state index in [1.807, 2.05) is 0 Å². The van der Waals surface area contributed by atoms with E-state index in [4.69, 9.17) is 0 Å². The van der Waals surface area contributed by atoms with Gasteiger partial charge in [-0.05, 0) is 31.6 Å². The van der Waals surface area contributed by atoms with Crippen molar-refractivity contribution >= 4 is 5.97 Å². The molecule has 0 bridgehead atoms. The van der Waals surface area contributed by atoms with Gasteiger partial charge in [0.25, 0.3) is 0 Å². The summed E-state index contributed by atoms with van der Waals surface area (Å²) in [5.74, 6) is -0.144. The lowest BCUT2D eigenvalue weighted by atomic mass is 9.65. The summed E-state index contributed by atoms with van der Waals surface area (Å²) in [5, 5.41) is 10.4. The van der Waals surface area contributed by atoms with E-state index < -0.39 is 11.4 Å². The zero-order valence-electron chi connectivity index (χ0n) is 24.1. The summed E-state index contributed by atoms with van der Waals surface area (Å²) in [4.78, 5) is 12.6. The molecule has 0 aliphatic rings. The summed E-state index contributed by atoms with van der Waals surface area (Å²) in [6.07, 6.45) is 31.4. The molecule has 0 aromatic rings. The number of aliphatic carboxylic acids is 1. The first-order chi connectivity index (χ1) is 16.6. The fourth-order valence-corrected chi connectivity index (χ4v) is 6.04. The van der Waals surface area contributed by atoms with Gasteiger partial charge >= 0.3 is 5.97 Å². The molecular weight excluding hydrogens is 416 g/mol. The van der Waals surface area contributed by atoms with Crippen LogP contribution in [0.15, 0.2) is 0 Å². The van der Waals surface area contributed by atoms with E-state index in [2.05, 4.69) is 27.7 Å². The number of carbonyl (C=O) groups is 1. The molecule has 0 aromatic carbocycles. The van der Waals surface area contributed by atoms with Crippen molar-refractivity contribution in [3.63, 3.8) is 0 Å². The number of rotatable bonds is 27. The predicted octanol–water partition coefficient (Wildman–Crippen LogP) is 11.5. The highest BCUT2D eigenvalue weighted by atomic mass is 16.4. The monoisotopic (exact) mass is 480 g/mol. The highest BCUT2D eigenvalue weighted by molar-refractivity contribution is 5.75. The van der Waals surface area contributed by atoms with Crippen LogP contribution in [0, 0.1) is 11.3 Å². The molecule has 0 saturated carbocycles.